The van der Waals surface area contributed by atoms with Crippen molar-refractivity contribution in [3.63, 3.8) is 0 Å². The van der Waals surface area contributed by atoms with E-state index in [9.17, 15) is 18.3 Å². The molecule has 2 aliphatic carbocycles. The van der Waals surface area contributed by atoms with Crippen LogP contribution in [0.5, 0.6) is 17.2 Å². The number of ether oxygens (including phenoxy) is 2. The molecule has 2 heterocycles. The van der Waals surface area contributed by atoms with E-state index in [1.807, 2.05) is 30.3 Å². The average Bonchev–Trinajstić information content (AvgIpc) is 3.18. The summed E-state index contributed by atoms with van der Waals surface area (Å²) in [4.78, 5) is 14.2. The first-order valence-corrected chi connectivity index (χ1v) is 14.2. The zero-order valence-corrected chi connectivity index (χ0v) is 21.6. The number of esters is 1. The number of benzene rings is 2. The Morgan fingerprint density at radius 3 is 2.75 bits per heavy atom. The van der Waals surface area contributed by atoms with Crippen LogP contribution < -0.4 is 9.47 Å². The molecule has 0 radical (unpaired) electrons. The number of carbonyl (C=O) groups is 1. The van der Waals surface area contributed by atoms with Gasteiger partial charge < -0.3 is 19.5 Å². The quantitative estimate of drug-likeness (QED) is 0.486. The fraction of sp³-hybridized carbons (Fsp3) is 0.519. The maximum Gasteiger partial charge on any atom is 0.308 e. The second-order valence-corrected chi connectivity index (χ2v) is 12.8. The highest BCUT2D eigenvalue weighted by molar-refractivity contribution is 7.88. The number of phenolic OH excluding ortho intramolecular Hbond substituents is 1. The van der Waals surface area contributed by atoms with Crippen LogP contribution in [-0.2, 0) is 32.4 Å². The second-order valence-electron chi connectivity index (χ2n) is 10.8. The summed E-state index contributed by atoms with van der Waals surface area (Å²) in [7, 11) is 0.174. The lowest BCUT2D eigenvalue weighted by Gasteiger charge is -2.59. The average molecular weight is 513 g/mol. The molecule has 36 heavy (non-hydrogen) atoms. The molecule has 5 atom stereocenters. The van der Waals surface area contributed by atoms with Crippen LogP contribution in [0.4, 0.5) is 0 Å². The van der Waals surface area contributed by atoms with Crippen molar-refractivity contribution in [1.29, 1.82) is 0 Å². The van der Waals surface area contributed by atoms with Crippen LogP contribution >= 0.6 is 0 Å². The van der Waals surface area contributed by atoms with Crippen LogP contribution in [0.25, 0.3) is 0 Å². The van der Waals surface area contributed by atoms with Gasteiger partial charge in [-0.05, 0) is 50.8 Å². The number of likely N-dealkylation sites (N-methyl/N-ethyl adjacent to an activating group) is 2. The van der Waals surface area contributed by atoms with Crippen LogP contribution in [0.15, 0.2) is 36.4 Å². The van der Waals surface area contributed by atoms with E-state index in [2.05, 4.69) is 11.9 Å². The van der Waals surface area contributed by atoms with E-state index in [-0.39, 0.29) is 29.5 Å². The molecule has 192 valence electrons. The first-order valence-electron chi connectivity index (χ1n) is 12.6. The minimum absolute atomic E-state index is 0.0570. The molecule has 6 rings (SSSR count). The molecule has 1 spiro atoms. The topological polar surface area (TPSA) is 96.4 Å². The van der Waals surface area contributed by atoms with Gasteiger partial charge in [0.1, 0.15) is 11.9 Å². The first-order chi connectivity index (χ1) is 17.1. The predicted octanol–water partition coefficient (Wildman–Crippen LogP) is 2.82. The SMILES string of the molecule is CC(=O)Oc1cc(O)c2c3c1C[C@@H]1[C@@H]4CC[C@H](N(C)S(=O)(=O)Cc5ccccc5)[C@H](O2)[C@]34CCN1C. The fourth-order valence-corrected chi connectivity index (χ4v) is 8.92. The minimum Gasteiger partial charge on any atom is -0.504 e. The highest BCUT2D eigenvalue weighted by Gasteiger charge is 2.67. The number of hydrogen-bond acceptors (Lipinski definition) is 7. The van der Waals surface area contributed by atoms with Crippen molar-refractivity contribution in [2.24, 2.45) is 5.92 Å². The number of nitrogens with zero attached hydrogens (tertiary/aromatic N) is 2. The number of rotatable bonds is 5. The smallest absolute Gasteiger partial charge is 0.308 e. The molecule has 1 N–H and O–H groups in total. The zero-order valence-electron chi connectivity index (χ0n) is 20.8. The predicted molar refractivity (Wildman–Crippen MR) is 134 cm³/mol. The van der Waals surface area contributed by atoms with E-state index in [1.165, 1.54) is 17.3 Å². The number of likely N-dealkylation sites (tertiary alicyclic amines) is 1. The Morgan fingerprint density at radius 1 is 1.28 bits per heavy atom. The standard InChI is InChI=1S/C27H32N2O6S/c1-16(30)34-23-14-22(31)25-24-18(23)13-21-19-9-10-20(26(35-25)27(19,24)11-12-28(21)2)29(3)36(32,33)15-17-7-5-4-6-8-17/h4-8,14,19-21,26,31H,9-13,15H2,1-3H3/t19-,20-,21+,26-,27-/m0/s1. The summed E-state index contributed by atoms with van der Waals surface area (Å²) in [6.07, 6.45) is 2.63. The second kappa shape index (κ2) is 8.19. The summed E-state index contributed by atoms with van der Waals surface area (Å²) in [6.45, 7) is 2.21. The largest absolute Gasteiger partial charge is 0.504 e. The van der Waals surface area contributed by atoms with Crippen LogP contribution in [0.3, 0.4) is 0 Å². The molecule has 8 nitrogen and oxygen atoms in total. The molecule has 0 unspecified atom stereocenters. The van der Waals surface area contributed by atoms with Crippen LogP contribution in [0.1, 0.15) is 42.9 Å². The summed E-state index contributed by atoms with van der Waals surface area (Å²) in [6, 6.07) is 10.6. The third kappa shape index (κ3) is 3.32. The van der Waals surface area contributed by atoms with Gasteiger partial charge in [-0.15, -0.1) is 0 Å². The highest BCUT2D eigenvalue weighted by atomic mass is 32.2. The van der Waals surface area contributed by atoms with E-state index < -0.39 is 27.5 Å². The summed E-state index contributed by atoms with van der Waals surface area (Å²) in [5.41, 5.74) is 2.14. The van der Waals surface area contributed by atoms with Crippen molar-refractivity contribution in [3.8, 4) is 17.2 Å². The van der Waals surface area contributed by atoms with E-state index in [0.29, 0.717) is 24.3 Å². The summed E-state index contributed by atoms with van der Waals surface area (Å²) in [5, 5.41) is 11.0. The van der Waals surface area contributed by atoms with E-state index in [0.717, 1.165) is 36.1 Å². The Hall–Kier alpha value is -2.62. The number of carbonyl (C=O) groups excluding carboxylic acids is 1. The number of piperidine rings is 1. The monoisotopic (exact) mass is 512 g/mol. The van der Waals surface area contributed by atoms with Gasteiger partial charge in [-0.25, -0.2) is 8.42 Å². The Morgan fingerprint density at radius 2 is 2.03 bits per heavy atom. The van der Waals surface area contributed by atoms with Crippen LogP contribution in [-0.4, -0.2) is 67.5 Å². The molecular formula is C27H32N2O6S. The molecule has 2 bridgehead atoms. The van der Waals surface area contributed by atoms with Crippen molar-refractivity contribution < 1.29 is 27.8 Å². The van der Waals surface area contributed by atoms with Gasteiger partial charge in [0, 0.05) is 42.6 Å². The molecular weight excluding hydrogens is 480 g/mol. The van der Waals surface area contributed by atoms with Gasteiger partial charge in [0.2, 0.25) is 10.0 Å². The molecule has 9 heteroatoms. The molecule has 0 aromatic heterocycles. The first kappa shape index (κ1) is 23.8. The van der Waals surface area contributed by atoms with Gasteiger partial charge >= 0.3 is 5.97 Å². The number of aromatic hydroxyl groups is 1. The maximum absolute atomic E-state index is 13.5. The zero-order chi connectivity index (χ0) is 25.4. The lowest BCUT2D eigenvalue weighted by atomic mass is 9.51. The lowest BCUT2D eigenvalue weighted by Crippen LogP contribution is -2.68. The Labute approximate surface area is 211 Å². The maximum atomic E-state index is 13.5. The highest BCUT2D eigenvalue weighted by Crippen LogP contribution is 2.65. The van der Waals surface area contributed by atoms with E-state index in [1.54, 1.807) is 7.05 Å². The van der Waals surface area contributed by atoms with E-state index in [4.69, 9.17) is 9.47 Å². The van der Waals surface area contributed by atoms with Gasteiger partial charge in [-0.1, -0.05) is 30.3 Å². The summed E-state index contributed by atoms with van der Waals surface area (Å²) >= 11 is 0. The Bertz CT molecular complexity index is 1330. The van der Waals surface area contributed by atoms with Gasteiger partial charge in [-0.3, -0.25) is 4.79 Å². The van der Waals surface area contributed by atoms with Crippen LogP contribution in [0.2, 0.25) is 0 Å². The Kier molecular flexibility index (Phi) is 5.41. The summed E-state index contributed by atoms with van der Waals surface area (Å²) < 4.78 is 40.7. The van der Waals surface area contributed by atoms with Crippen molar-refractivity contribution >= 4 is 16.0 Å². The minimum atomic E-state index is -3.61. The molecule has 4 aliphatic rings. The van der Waals surface area contributed by atoms with Crippen LogP contribution in [0, 0.1) is 5.92 Å². The van der Waals surface area contributed by atoms with Gasteiger partial charge in [-0.2, -0.15) is 4.31 Å². The van der Waals surface area contributed by atoms with Crippen molar-refractivity contribution in [1.82, 2.24) is 9.21 Å². The number of hydrogen-bond donors (Lipinski definition) is 1. The number of phenols is 1. The fourth-order valence-electron chi connectivity index (χ4n) is 7.47. The normalized spacial score (nSPS) is 30.6. The molecule has 2 aromatic rings. The summed E-state index contributed by atoms with van der Waals surface area (Å²) in [5.74, 6) is 0.511. The molecule has 2 fully saturated rings. The molecule has 1 saturated heterocycles. The number of sulfonamides is 1. The molecule has 0 amide bonds. The third-order valence-corrected chi connectivity index (χ3v) is 10.8. The molecule has 1 saturated carbocycles. The lowest BCUT2D eigenvalue weighted by molar-refractivity contribution is -0.132. The van der Waals surface area contributed by atoms with Gasteiger partial charge in [0.15, 0.2) is 11.5 Å². The molecule has 2 aromatic carbocycles. The van der Waals surface area contributed by atoms with Crippen molar-refractivity contribution in [2.75, 3.05) is 20.6 Å². The van der Waals surface area contributed by atoms with Crippen molar-refractivity contribution in [3.05, 3.63) is 53.1 Å². The van der Waals surface area contributed by atoms with E-state index >= 15 is 0 Å². The Balaban J connectivity index is 1.45. The molecule has 2 aliphatic heterocycles. The van der Waals surface area contributed by atoms with Gasteiger partial charge in [0.05, 0.1) is 11.8 Å². The van der Waals surface area contributed by atoms with Gasteiger partial charge in [0.25, 0.3) is 0 Å². The third-order valence-electron chi connectivity index (χ3n) is 9.00. The van der Waals surface area contributed by atoms with Crippen molar-refractivity contribution in [2.45, 2.75) is 62.0 Å².